The highest BCUT2D eigenvalue weighted by atomic mass is 79.9. The van der Waals surface area contributed by atoms with Gasteiger partial charge in [0.2, 0.25) is 0 Å². The van der Waals surface area contributed by atoms with Crippen LogP contribution in [0.3, 0.4) is 0 Å². The molecule has 1 unspecified atom stereocenters. The molecular formula is C10H11BrFNS. The van der Waals surface area contributed by atoms with Crippen LogP contribution in [0.15, 0.2) is 22.7 Å². The molecule has 0 amide bonds. The summed E-state index contributed by atoms with van der Waals surface area (Å²) in [6, 6.07) is 5.40. The maximum atomic E-state index is 13.3. The zero-order chi connectivity index (χ0) is 9.97. The number of rotatable bonds is 2. The standard InChI is InChI=1S/C10H11BrFNS/c11-7-1-2-9(12)10(5-7)13-8-3-4-14-6-8/h1-2,5,8,13H,3-4,6H2. The van der Waals surface area contributed by atoms with Crippen LogP contribution in [-0.2, 0) is 0 Å². The first-order valence-electron chi connectivity index (χ1n) is 4.55. The molecule has 1 fully saturated rings. The lowest BCUT2D eigenvalue weighted by atomic mass is 10.2. The number of hydrogen-bond acceptors (Lipinski definition) is 2. The number of hydrogen-bond donors (Lipinski definition) is 1. The third-order valence-corrected chi connectivity index (χ3v) is 3.87. The smallest absolute Gasteiger partial charge is 0.146 e. The molecule has 0 radical (unpaired) electrons. The minimum atomic E-state index is -0.176. The van der Waals surface area contributed by atoms with Crippen LogP contribution in [0, 0.1) is 5.82 Å². The summed E-state index contributed by atoms with van der Waals surface area (Å²) in [5, 5.41) is 3.22. The van der Waals surface area contributed by atoms with Gasteiger partial charge in [-0.1, -0.05) is 15.9 Å². The average Bonchev–Trinajstić information content (AvgIpc) is 2.64. The lowest BCUT2D eigenvalue weighted by Crippen LogP contribution is -2.18. The Morgan fingerprint density at radius 3 is 3.07 bits per heavy atom. The van der Waals surface area contributed by atoms with Gasteiger partial charge in [-0.2, -0.15) is 11.8 Å². The Morgan fingerprint density at radius 1 is 1.50 bits per heavy atom. The lowest BCUT2D eigenvalue weighted by molar-refractivity contribution is 0.626. The van der Waals surface area contributed by atoms with E-state index in [2.05, 4.69) is 21.2 Å². The van der Waals surface area contributed by atoms with E-state index in [1.165, 1.54) is 11.8 Å². The fourth-order valence-corrected chi connectivity index (χ4v) is 2.99. The first-order valence-corrected chi connectivity index (χ1v) is 6.50. The molecule has 2 rings (SSSR count). The molecule has 1 aliphatic heterocycles. The maximum Gasteiger partial charge on any atom is 0.146 e. The molecular weight excluding hydrogens is 265 g/mol. The van der Waals surface area contributed by atoms with Gasteiger partial charge < -0.3 is 5.32 Å². The van der Waals surface area contributed by atoms with E-state index >= 15 is 0 Å². The zero-order valence-electron chi connectivity index (χ0n) is 7.59. The molecule has 76 valence electrons. The number of benzene rings is 1. The third kappa shape index (κ3) is 2.42. The van der Waals surface area contributed by atoms with E-state index in [1.807, 2.05) is 11.8 Å². The summed E-state index contributed by atoms with van der Waals surface area (Å²) in [5.74, 6) is 2.07. The summed E-state index contributed by atoms with van der Waals surface area (Å²) in [7, 11) is 0. The van der Waals surface area contributed by atoms with Gasteiger partial charge in [0.1, 0.15) is 5.82 Å². The second-order valence-corrected chi connectivity index (χ2v) is 5.39. The minimum Gasteiger partial charge on any atom is -0.379 e. The van der Waals surface area contributed by atoms with Crippen molar-refractivity contribution in [2.24, 2.45) is 0 Å². The van der Waals surface area contributed by atoms with Gasteiger partial charge in [-0.3, -0.25) is 0 Å². The molecule has 0 spiro atoms. The minimum absolute atomic E-state index is 0.176. The number of nitrogens with one attached hydrogen (secondary N) is 1. The molecule has 1 N–H and O–H groups in total. The predicted molar refractivity (Wildman–Crippen MR) is 63.5 cm³/mol. The molecule has 0 aromatic heterocycles. The number of halogens is 2. The Morgan fingerprint density at radius 2 is 2.36 bits per heavy atom. The first-order chi connectivity index (χ1) is 6.75. The summed E-state index contributed by atoms with van der Waals surface area (Å²) in [6.45, 7) is 0. The summed E-state index contributed by atoms with van der Waals surface area (Å²) >= 11 is 5.25. The number of anilines is 1. The second kappa shape index (κ2) is 4.53. The molecule has 1 aromatic rings. The molecule has 0 bridgehead atoms. The normalized spacial score (nSPS) is 21.1. The fourth-order valence-electron chi connectivity index (χ4n) is 1.48. The Balaban J connectivity index is 2.10. The van der Waals surface area contributed by atoms with Crippen molar-refractivity contribution in [1.29, 1.82) is 0 Å². The van der Waals surface area contributed by atoms with Crippen LogP contribution in [0.1, 0.15) is 6.42 Å². The zero-order valence-corrected chi connectivity index (χ0v) is 10.00. The molecule has 14 heavy (non-hydrogen) atoms. The van der Waals surface area contributed by atoms with Gasteiger partial charge in [0.05, 0.1) is 5.69 Å². The van der Waals surface area contributed by atoms with Crippen LogP contribution in [-0.4, -0.2) is 17.5 Å². The molecule has 1 heterocycles. The highest BCUT2D eigenvalue weighted by Gasteiger charge is 2.16. The Bertz CT molecular complexity index is 326. The van der Waals surface area contributed by atoms with Crippen molar-refractivity contribution in [3.63, 3.8) is 0 Å². The van der Waals surface area contributed by atoms with Crippen molar-refractivity contribution in [3.8, 4) is 0 Å². The van der Waals surface area contributed by atoms with Gasteiger partial charge >= 0.3 is 0 Å². The van der Waals surface area contributed by atoms with Crippen molar-refractivity contribution >= 4 is 33.4 Å². The molecule has 1 saturated heterocycles. The molecule has 1 aromatic carbocycles. The van der Waals surface area contributed by atoms with Crippen molar-refractivity contribution in [2.45, 2.75) is 12.5 Å². The molecule has 0 aliphatic carbocycles. The van der Waals surface area contributed by atoms with E-state index < -0.39 is 0 Å². The first kappa shape index (κ1) is 10.3. The van der Waals surface area contributed by atoms with Crippen LogP contribution < -0.4 is 5.32 Å². The largest absolute Gasteiger partial charge is 0.379 e. The van der Waals surface area contributed by atoms with E-state index in [0.717, 1.165) is 16.6 Å². The van der Waals surface area contributed by atoms with E-state index in [0.29, 0.717) is 11.7 Å². The molecule has 1 aliphatic rings. The SMILES string of the molecule is Fc1ccc(Br)cc1NC1CCSC1. The van der Waals surface area contributed by atoms with E-state index in [-0.39, 0.29) is 5.82 Å². The van der Waals surface area contributed by atoms with Gasteiger partial charge in [-0.05, 0) is 30.4 Å². The third-order valence-electron chi connectivity index (χ3n) is 2.22. The predicted octanol–water partition coefficient (Wildman–Crippen LogP) is 3.51. The summed E-state index contributed by atoms with van der Waals surface area (Å²) in [6.07, 6.45) is 1.12. The second-order valence-electron chi connectivity index (χ2n) is 3.33. The molecule has 1 nitrogen and oxygen atoms in total. The monoisotopic (exact) mass is 275 g/mol. The highest BCUT2D eigenvalue weighted by Crippen LogP contribution is 2.25. The Labute approximate surface area is 95.6 Å². The van der Waals surface area contributed by atoms with Crippen LogP contribution in [0.5, 0.6) is 0 Å². The molecule has 4 heteroatoms. The van der Waals surface area contributed by atoms with Crippen molar-refractivity contribution in [3.05, 3.63) is 28.5 Å². The molecule has 1 atom stereocenters. The molecule has 0 saturated carbocycles. The van der Waals surface area contributed by atoms with Crippen molar-refractivity contribution in [1.82, 2.24) is 0 Å². The summed E-state index contributed by atoms with van der Waals surface area (Å²) in [5.41, 5.74) is 0.604. The van der Waals surface area contributed by atoms with Gasteiger partial charge in [0.15, 0.2) is 0 Å². The van der Waals surface area contributed by atoms with Crippen LogP contribution in [0.4, 0.5) is 10.1 Å². The maximum absolute atomic E-state index is 13.3. The number of thioether (sulfide) groups is 1. The van der Waals surface area contributed by atoms with E-state index in [4.69, 9.17) is 0 Å². The van der Waals surface area contributed by atoms with Crippen LogP contribution in [0.25, 0.3) is 0 Å². The van der Waals surface area contributed by atoms with Crippen LogP contribution >= 0.6 is 27.7 Å². The van der Waals surface area contributed by atoms with Gasteiger partial charge in [-0.15, -0.1) is 0 Å². The van der Waals surface area contributed by atoms with E-state index in [9.17, 15) is 4.39 Å². The Hall–Kier alpha value is -0.220. The highest BCUT2D eigenvalue weighted by molar-refractivity contribution is 9.10. The van der Waals surface area contributed by atoms with Crippen LogP contribution in [0.2, 0.25) is 0 Å². The average molecular weight is 276 g/mol. The summed E-state index contributed by atoms with van der Waals surface area (Å²) in [4.78, 5) is 0. The van der Waals surface area contributed by atoms with Crippen molar-refractivity contribution < 1.29 is 4.39 Å². The Kier molecular flexibility index (Phi) is 3.34. The summed E-state index contributed by atoms with van der Waals surface area (Å²) < 4.78 is 14.2. The van der Waals surface area contributed by atoms with Gasteiger partial charge in [0.25, 0.3) is 0 Å². The van der Waals surface area contributed by atoms with Crippen molar-refractivity contribution in [2.75, 3.05) is 16.8 Å². The van der Waals surface area contributed by atoms with Gasteiger partial charge in [-0.25, -0.2) is 4.39 Å². The topological polar surface area (TPSA) is 12.0 Å². The van der Waals surface area contributed by atoms with Gasteiger partial charge in [0, 0.05) is 16.3 Å². The fraction of sp³-hybridized carbons (Fsp3) is 0.400. The quantitative estimate of drug-likeness (QED) is 0.887. The lowest BCUT2D eigenvalue weighted by Gasteiger charge is -2.13. The van der Waals surface area contributed by atoms with E-state index in [1.54, 1.807) is 12.1 Å².